The number of nitrogens with two attached hydrogens (primary N) is 1. The van der Waals surface area contributed by atoms with Crippen LogP contribution in [0.5, 0.6) is 0 Å². The molecule has 2 atom stereocenters. The van der Waals surface area contributed by atoms with E-state index in [1.165, 1.54) is 24.2 Å². The number of nitrogens with zero attached hydrogens (tertiary/aromatic N) is 1. The van der Waals surface area contributed by atoms with Gasteiger partial charge in [0.05, 0.1) is 11.7 Å². The lowest BCUT2D eigenvalue weighted by Gasteiger charge is -2.16. The summed E-state index contributed by atoms with van der Waals surface area (Å²) < 4.78 is 0. The topological polar surface area (TPSA) is 68.0 Å². The van der Waals surface area contributed by atoms with Crippen molar-refractivity contribution in [3.05, 3.63) is 11.1 Å². The second-order valence-corrected chi connectivity index (χ2v) is 5.61. The molecular weight excluding hydrogens is 234 g/mol. The van der Waals surface area contributed by atoms with Crippen LogP contribution in [0.25, 0.3) is 0 Å². The van der Waals surface area contributed by atoms with Crippen molar-refractivity contribution >= 4 is 22.4 Å². The molecule has 1 saturated carbocycles. The average Bonchev–Trinajstić information content (AvgIpc) is 3.08. The fourth-order valence-electron chi connectivity index (χ4n) is 1.61. The van der Waals surface area contributed by atoms with Gasteiger partial charge in [0.25, 0.3) is 0 Å². The Bertz CT molecular complexity index is 400. The van der Waals surface area contributed by atoms with Crippen LogP contribution in [0.1, 0.15) is 44.7 Å². The largest absolute Gasteiger partial charge is 0.320 e. The molecule has 4 nitrogen and oxygen atoms in total. The van der Waals surface area contributed by atoms with Crippen LogP contribution in [0.4, 0.5) is 5.13 Å². The smallest absolute Gasteiger partial charge is 0.243 e. The van der Waals surface area contributed by atoms with E-state index in [1.54, 1.807) is 0 Å². The summed E-state index contributed by atoms with van der Waals surface area (Å²) in [5.41, 5.74) is 6.98. The first kappa shape index (κ1) is 12.5. The highest BCUT2D eigenvalue weighted by Gasteiger charge is 2.27. The predicted molar refractivity (Wildman–Crippen MR) is 70.1 cm³/mol. The SMILES string of the molecule is CCC(C)[C@H](N)C(=O)Nc1nc(C2CC2)cs1. The van der Waals surface area contributed by atoms with Gasteiger partial charge in [0.2, 0.25) is 5.91 Å². The Morgan fingerprint density at radius 2 is 2.41 bits per heavy atom. The molecule has 5 heteroatoms. The molecular formula is C12H19N3OS. The van der Waals surface area contributed by atoms with E-state index in [2.05, 4.69) is 10.3 Å². The summed E-state index contributed by atoms with van der Waals surface area (Å²) in [6.07, 6.45) is 3.35. The van der Waals surface area contributed by atoms with Gasteiger partial charge < -0.3 is 11.1 Å². The minimum Gasteiger partial charge on any atom is -0.320 e. The Balaban J connectivity index is 1.92. The minimum absolute atomic E-state index is 0.129. The third kappa shape index (κ3) is 3.04. The third-order valence-electron chi connectivity index (χ3n) is 3.31. The second-order valence-electron chi connectivity index (χ2n) is 4.75. The molecule has 0 saturated heterocycles. The summed E-state index contributed by atoms with van der Waals surface area (Å²) in [7, 11) is 0. The standard InChI is InChI=1S/C12H19N3OS/c1-3-7(2)10(13)11(16)15-12-14-9(6-17-12)8-4-5-8/h6-8,10H,3-5,13H2,1-2H3,(H,14,15,16)/t7?,10-/m0/s1. The number of nitrogens with one attached hydrogen (secondary N) is 1. The van der Waals surface area contributed by atoms with Gasteiger partial charge in [-0.2, -0.15) is 0 Å². The van der Waals surface area contributed by atoms with E-state index in [9.17, 15) is 4.79 Å². The number of anilines is 1. The van der Waals surface area contributed by atoms with E-state index in [1.807, 2.05) is 19.2 Å². The van der Waals surface area contributed by atoms with E-state index < -0.39 is 6.04 Å². The van der Waals surface area contributed by atoms with E-state index in [-0.39, 0.29) is 11.8 Å². The Hall–Kier alpha value is -0.940. The molecule has 17 heavy (non-hydrogen) atoms. The summed E-state index contributed by atoms with van der Waals surface area (Å²) in [5.74, 6) is 0.689. The van der Waals surface area contributed by atoms with Gasteiger partial charge in [0.1, 0.15) is 0 Å². The van der Waals surface area contributed by atoms with Crippen LogP contribution in [0.15, 0.2) is 5.38 Å². The molecule has 3 N–H and O–H groups in total. The number of amides is 1. The monoisotopic (exact) mass is 253 g/mol. The molecule has 0 bridgehead atoms. The van der Waals surface area contributed by atoms with Crippen molar-refractivity contribution in [2.75, 3.05) is 5.32 Å². The summed E-state index contributed by atoms with van der Waals surface area (Å²) in [6.45, 7) is 4.02. The maximum absolute atomic E-state index is 11.8. The number of hydrogen-bond acceptors (Lipinski definition) is 4. The van der Waals surface area contributed by atoms with Crippen LogP contribution in [0.3, 0.4) is 0 Å². The van der Waals surface area contributed by atoms with Crippen LogP contribution in [-0.2, 0) is 4.79 Å². The fraction of sp³-hybridized carbons (Fsp3) is 0.667. The van der Waals surface area contributed by atoms with E-state index in [0.717, 1.165) is 12.1 Å². The van der Waals surface area contributed by atoms with E-state index >= 15 is 0 Å². The molecule has 0 spiro atoms. The highest BCUT2D eigenvalue weighted by molar-refractivity contribution is 7.13. The zero-order chi connectivity index (χ0) is 12.4. The maximum Gasteiger partial charge on any atom is 0.243 e. The predicted octanol–water partition coefficient (Wildman–Crippen LogP) is 2.33. The summed E-state index contributed by atoms with van der Waals surface area (Å²) in [6, 6.07) is -0.451. The van der Waals surface area contributed by atoms with E-state index in [4.69, 9.17) is 5.73 Å². The zero-order valence-corrected chi connectivity index (χ0v) is 11.1. The molecule has 0 aliphatic heterocycles. The van der Waals surface area contributed by atoms with Gasteiger partial charge in [0.15, 0.2) is 5.13 Å². The first-order valence-electron chi connectivity index (χ1n) is 6.13. The number of carbonyl (C=O) groups excluding carboxylic acids is 1. The van der Waals surface area contributed by atoms with Crippen molar-refractivity contribution in [3.63, 3.8) is 0 Å². The molecule has 0 aromatic carbocycles. The Morgan fingerprint density at radius 3 is 3.00 bits per heavy atom. The highest BCUT2D eigenvalue weighted by atomic mass is 32.1. The first-order valence-corrected chi connectivity index (χ1v) is 7.01. The Labute approximate surface area is 106 Å². The lowest BCUT2D eigenvalue weighted by Crippen LogP contribution is -2.40. The third-order valence-corrected chi connectivity index (χ3v) is 4.08. The van der Waals surface area contributed by atoms with Gasteiger partial charge in [-0.3, -0.25) is 4.79 Å². The molecule has 1 fully saturated rings. The molecule has 1 unspecified atom stereocenters. The van der Waals surface area contributed by atoms with Crippen LogP contribution >= 0.6 is 11.3 Å². The van der Waals surface area contributed by atoms with Crippen molar-refractivity contribution in [1.29, 1.82) is 0 Å². The van der Waals surface area contributed by atoms with Crippen molar-refractivity contribution in [2.24, 2.45) is 11.7 Å². The molecule has 1 aliphatic rings. The minimum atomic E-state index is -0.451. The molecule has 94 valence electrons. The Morgan fingerprint density at radius 1 is 1.71 bits per heavy atom. The van der Waals surface area contributed by atoms with Gasteiger partial charge >= 0.3 is 0 Å². The summed E-state index contributed by atoms with van der Waals surface area (Å²) in [4.78, 5) is 16.2. The summed E-state index contributed by atoms with van der Waals surface area (Å²) in [5, 5.41) is 5.51. The van der Waals surface area contributed by atoms with Gasteiger partial charge in [-0.1, -0.05) is 20.3 Å². The second kappa shape index (κ2) is 5.14. The zero-order valence-electron chi connectivity index (χ0n) is 10.3. The molecule has 1 aromatic rings. The van der Waals surface area contributed by atoms with Crippen LogP contribution < -0.4 is 11.1 Å². The Kier molecular flexibility index (Phi) is 3.79. The van der Waals surface area contributed by atoms with Crippen molar-refractivity contribution in [1.82, 2.24) is 4.98 Å². The fourth-order valence-corrected chi connectivity index (χ4v) is 2.41. The molecule has 1 aromatic heterocycles. The van der Waals surface area contributed by atoms with Crippen LogP contribution in [-0.4, -0.2) is 16.9 Å². The number of aromatic nitrogens is 1. The van der Waals surface area contributed by atoms with Gasteiger partial charge in [-0.05, 0) is 18.8 Å². The number of rotatable bonds is 5. The van der Waals surface area contributed by atoms with Gasteiger partial charge in [-0.15, -0.1) is 11.3 Å². The van der Waals surface area contributed by atoms with E-state index in [0.29, 0.717) is 11.0 Å². The lowest BCUT2D eigenvalue weighted by molar-refractivity contribution is -0.118. The van der Waals surface area contributed by atoms with Crippen molar-refractivity contribution in [3.8, 4) is 0 Å². The van der Waals surface area contributed by atoms with Gasteiger partial charge in [0, 0.05) is 11.3 Å². The lowest BCUT2D eigenvalue weighted by atomic mass is 10.00. The molecule has 1 aliphatic carbocycles. The average molecular weight is 253 g/mol. The normalized spacial score (nSPS) is 18.8. The van der Waals surface area contributed by atoms with Crippen LogP contribution in [0.2, 0.25) is 0 Å². The first-order chi connectivity index (χ1) is 8.11. The van der Waals surface area contributed by atoms with Crippen LogP contribution in [0, 0.1) is 5.92 Å². The number of hydrogen-bond donors (Lipinski definition) is 2. The molecule has 1 heterocycles. The number of carbonyl (C=O) groups is 1. The summed E-state index contributed by atoms with van der Waals surface area (Å²) >= 11 is 1.48. The highest BCUT2D eigenvalue weighted by Crippen LogP contribution is 2.40. The molecule has 0 radical (unpaired) electrons. The van der Waals surface area contributed by atoms with Crippen molar-refractivity contribution < 1.29 is 4.79 Å². The van der Waals surface area contributed by atoms with Crippen molar-refractivity contribution in [2.45, 2.75) is 45.1 Å². The number of thiazole rings is 1. The quantitative estimate of drug-likeness (QED) is 0.846. The maximum atomic E-state index is 11.8. The molecule has 1 amide bonds. The molecule has 2 rings (SSSR count). The van der Waals surface area contributed by atoms with Gasteiger partial charge in [-0.25, -0.2) is 4.98 Å².